The minimum Gasteiger partial charge on any atom is -0.322 e. The molecule has 0 fully saturated rings. The second kappa shape index (κ2) is 7.49. The zero-order valence-corrected chi connectivity index (χ0v) is 13.6. The van der Waals surface area contributed by atoms with Gasteiger partial charge in [-0.05, 0) is 36.4 Å². The van der Waals surface area contributed by atoms with Crippen LogP contribution in [0.15, 0.2) is 54.7 Å². The number of amides is 1. The molecule has 0 saturated heterocycles. The summed E-state index contributed by atoms with van der Waals surface area (Å²) in [4.78, 5) is 21.8. The van der Waals surface area contributed by atoms with E-state index in [2.05, 4.69) is 15.0 Å². The molecule has 1 amide bonds. The molecule has 0 aliphatic carbocycles. The van der Waals surface area contributed by atoms with E-state index in [4.69, 9.17) is 10.1 Å². The predicted octanol–water partition coefficient (Wildman–Crippen LogP) is 3.88. The number of aromatic nitrogens is 1. The minimum absolute atomic E-state index is 0.0626. The van der Waals surface area contributed by atoms with Crippen LogP contribution in [0, 0.1) is 11.3 Å². The molecule has 0 bridgehead atoms. The van der Waals surface area contributed by atoms with E-state index < -0.39 is 14.6 Å². The Balaban J connectivity index is 1.96. The number of nitriles is 1. The highest BCUT2D eigenvalue weighted by atomic mass is 31.1. The first kappa shape index (κ1) is 16.5. The van der Waals surface area contributed by atoms with Crippen LogP contribution in [0.2, 0.25) is 0 Å². The number of anilines is 1. The summed E-state index contributed by atoms with van der Waals surface area (Å²) < 4.78 is 15.0. The molecule has 25 heavy (non-hydrogen) atoms. The molecule has 3 rings (SSSR count). The van der Waals surface area contributed by atoms with Gasteiger partial charge in [-0.25, -0.2) is 4.57 Å². The predicted molar refractivity (Wildman–Crippen MR) is 90.2 cm³/mol. The number of nitrogens with one attached hydrogen (secondary N) is 1. The van der Waals surface area contributed by atoms with Gasteiger partial charge in [0.15, 0.2) is 0 Å². The number of fused-ring (bicyclic) bond motifs is 1. The van der Waals surface area contributed by atoms with Crippen LogP contribution in [0.4, 0.5) is 5.69 Å². The summed E-state index contributed by atoms with van der Waals surface area (Å²) in [6.45, 7) is 0. The zero-order chi connectivity index (χ0) is 17.6. The van der Waals surface area contributed by atoms with Gasteiger partial charge >= 0.3 is 8.69 Å². The van der Waals surface area contributed by atoms with Crippen molar-refractivity contribution in [3.8, 4) is 11.8 Å². The Morgan fingerprint density at radius 3 is 2.68 bits per heavy atom. The van der Waals surface area contributed by atoms with Gasteiger partial charge < -0.3 is 10.2 Å². The smallest absolute Gasteiger partial charge is 0.322 e. The third-order valence-electron chi connectivity index (χ3n) is 3.40. The third kappa shape index (κ3) is 3.61. The summed E-state index contributed by atoms with van der Waals surface area (Å²) in [6.07, 6.45) is 1.55. The molecule has 1 N–H and O–H groups in total. The van der Waals surface area contributed by atoms with Crippen molar-refractivity contribution < 1.29 is 18.9 Å². The Kier molecular flexibility index (Phi) is 4.95. The summed E-state index contributed by atoms with van der Waals surface area (Å²) in [7, 11) is -0.687. The first-order valence-corrected chi connectivity index (χ1v) is 7.81. The Morgan fingerprint density at radius 2 is 1.96 bits per heavy atom. The van der Waals surface area contributed by atoms with E-state index in [1.54, 1.807) is 54.7 Å². The minimum atomic E-state index is -0.687. The Bertz CT molecular complexity index is 983. The molecule has 1 aromatic heterocycles. The van der Waals surface area contributed by atoms with E-state index in [-0.39, 0.29) is 11.3 Å². The number of nitrogens with zero attached hydrogens (tertiary/aromatic N) is 2. The zero-order valence-electron chi connectivity index (χ0n) is 12.7. The Labute approximate surface area is 144 Å². The first-order chi connectivity index (χ1) is 12.2. The molecule has 2 aromatic carbocycles. The van der Waals surface area contributed by atoms with Crippen molar-refractivity contribution in [3.63, 3.8) is 0 Å². The normalized spacial score (nSPS) is 10.4. The fraction of sp³-hybridized carbons (Fsp3) is 0. The molecule has 0 aliphatic rings. The van der Waals surface area contributed by atoms with E-state index in [0.29, 0.717) is 16.8 Å². The van der Waals surface area contributed by atoms with Crippen molar-refractivity contribution in [2.45, 2.75) is 0 Å². The maximum Gasteiger partial charge on any atom is 0.372 e. The largest absolute Gasteiger partial charge is 0.372 e. The summed E-state index contributed by atoms with van der Waals surface area (Å²) in [5.74, 6) is -0.397. The van der Waals surface area contributed by atoms with Gasteiger partial charge in [-0.2, -0.15) is 5.26 Å². The lowest BCUT2D eigenvalue weighted by atomic mass is 10.1. The lowest BCUT2D eigenvalue weighted by Crippen LogP contribution is -2.13. The summed E-state index contributed by atoms with van der Waals surface area (Å²) in [5.41, 5.74) is 1.57. The van der Waals surface area contributed by atoms with Crippen molar-refractivity contribution in [2.75, 3.05) is 5.32 Å². The van der Waals surface area contributed by atoms with E-state index >= 15 is 0 Å². The number of carbonyl (C=O) groups is 1. The maximum atomic E-state index is 12.6. The van der Waals surface area contributed by atoms with Gasteiger partial charge in [0.1, 0.15) is 5.52 Å². The third-order valence-corrected chi connectivity index (χ3v) is 3.53. The summed E-state index contributed by atoms with van der Waals surface area (Å²) >= 11 is 0. The van der Waals surface area contributed by atoms with Crippen LogP contribution in [-0.4, -0.2) is 10.9 Å². The molecule has 8 heteroatoms. The molecule has 122 valence electrons. The Morgan fingerprint density at radius 1 is 1.16 bits per heavy atom. The molecule has 1 heterocycles. The van der Waals surface area contributed by atoms with Crippen molar-refractivity contribution in [1.82, 2.24) is 4.98 Å². The van der Waals surface area contributed by atoms with E-state index in [1.165, 1.54) is 0 Å². The summed E-state index contributed by atoms with van der Waals surface area (Å²) in [5, 5.41) is 12.2. The molecule has 0 atom stereocenters. The fourth-order valence-corrected chi connectivity index (χ4v) is 2.37. The SMILES string of the molecule is N#Cc1ccc(NC(=O)c2ccc3cccnc3c2OOP=O)cc1. The van der Waals surface area contributed by atoms with Crippen molar-refractivity contribution in [2.24, 2.45) is 0 Å². The molecular weight excluding hydrogens is 341 g/mol. The topological polar surface area (TPSA) is 101 Å². The van der Waals surface area contributed by atoms with Gasteiger partial charge in [-0.1, -0.05) is 16.8 Å². The van der Waals surface area contributed by atoms with E-state index in [9.17, 15) is 9.36 Å². The van der Waals surface area contributed by atoms with Crippen molar-refractivity contribution in [3.05, 3.63) is 65.9 Å². The van der Waals surface area contributed by atoms with Gasteiger partial charge in [-0.3, -0.25) is 9.78 Å². The molecule has 3 aromatic rings. The molecule has 0 unspecified atom stereocenters. The number of pyridine rings is 1. The highest BCUT2D eigenvalue weighted by Crippen LogP contribution is 2.30. The average molecular weight is 351 g/mol. The number of hydrogen-bond acceptors (Lipinski definition) is 6. The second-order valence-electron chi connectivity index (χ2n) is 4.89. The van der Waals surface area contributed by atoms with Crippen molar-refractivity contribution >= 4 is 31.2 Å². The van der Waals surface area contributed by atoms with E-state index in [0.717, 1.165) is 5.39 Å². The number of rotatable bonds is 5. The van der Waals surface area contributed by atoms with Crippen LogP contribution in [0.3, 0.4) is 0 Å². The number of hydrogen-bond donors (Lipinski definition) is 1. The van der Waals surface area contributed by atoms with Gasteiger partial charge in [0.05, 0.1) is 17.2 Å². The number of carbonyl (C=O) groups excluding carboxylic acids is 1. The van der Waals surface area contributed by atoms with Gasteiger partial charge in [0.25, 0.3) is 5.91 Å². The quantitative estimate of drug-likeness (QED) is 0.425. The second-order valence-corrected chi connectivity index (χ2v) is 5.19. The average Bonchev–Trinajstić information content (AvgIpc) is 2.66. The molecule has 0 radical (unpaired) electrons. The van der Waals surface area contributed by atoms with Crippen LogP contribution in [0.5, 0.6) is 5.75 Å². The highest BCUT2D eigenvalue weighted by Gasteiger charge is 2.18. The lowest BCUT2D eigenvalue weighted by molar-refractivity contribution is -0.0856. The molecule has 0 spiro atoms. The summed E-state index contributed by atoms with van der Waals surface area (Å²) in [6, 6.07) is 15.2. The van der Waals surface area contributed by atoms with E-state index in [1.807, 2.05) is 6.07 Å². The molecular formula is C17H10N3O4P. The number of benzene rings is 2. The van der Waals surface area contributed by atoms with Crippen LogP contribution in [-0.2, 0) is 9.24 Å². The standard InChI is InChI=1S/C17H10N3O4P/c18-10-11-3-6-13(7-4-11)20-17(21)14-8-5-12-2-1-9-19-15(12)16(14)23-24-25-22/h1-9H,(H,20,21). The Hall–Kier alpha value is -3.33. The lowest BCUT2D eigenvalue weighted by Gasteiger charge is -2.10. The highest BCUT2D eigenvalue weighted by molar-refractivity contribution is 7.17. The molecule has 7 nitrogen and oxygen atoms in total. The first-order valence-electron chi connectivity index (χ1n) is 7.08. The van der Waals surface area contributed by atoms with Gasteiger partial charge in [0, 0.05) is 17.3 Å². The van der Waals surface area contributed by atoms with Crippen LogP contribution >= 0.6 is 8.69 Å². The monoisotopic (exact) mass is 351 g/mol. The van der Waals surface area contributed by atoms with Crippen LogP contribution < -0.4 is 10.2 Å². The van der Waals surface area contributed by atoms with Crippen LogP contribution in [0.1, 0.15) is 15.9 Å². The van der Waals surface area contributed by atoms with Gasteiger partial charge in [0.2, 0.25) is 5.75 Å². The van der Waals surface area contributed by atoms with Crippen molar-refractivity contribution in [1.29, 1.82) is 5.26 Å². The maximum absolute atomic E-state index is 12.6. The fourth-order valence-electron chi connectivity index (χ4n) is 2.26. The van der Waals surface area contributed by atoms with Gasteiger partial charge in [-0.15, -0.1) is 0 Å². The molecule has 0 aliphatic heterocycles. The van der Waals surface area contributed by atoms with Crippen LogP contribution in [0.25, 0.3) is 10.9 Å². The molecule has 0 saturated carbocycles.